The fourth-order valence-corrected chi connectivity index (χ4v) is 11.4. The molecule has 8 aromatic rings. The Morgan fingerprint density at radius 3 is 1.77 bits per heavy atom. The second-order valence-corrected chi connectivity index (χ2v) is 22.7. The third-order valence-electron chi connectivity index (χ3n) is 14.8. The minimum Gasteiger partial charge on any atom is -0.336 e. The molecule has 2 aliphatic rings. The highest BCUT2D eigenvalue weighted by Gasteiger charge is 2.33. The summed E-state index contributed by atoms with van der Waals surface area (Å²) in [6.07, 6.45) is -18.9. The number of likely N-dealkylation sites (N-methyl/N-ethyl adjacent to an activating group) is 2. The number of nitrogens with zero attached hydrogens (tertiary/aromatic N) is 8. The summed E-state index contributed by atoms with van der Waals surface area (Å²) in [4.78, 5) is 67.2. The third-order valence-corrected chi connectivity index (χ3v) is 16.7. The van der Waals surface area contributed by atoms with E-state index < -0.39 is 227 Å². The zero-order chi connectivity index (χ0) is 91.9. The summed E-state index contributed by atoms with van der Waals surface area (Å²) in [5.41, 5.74) is -11.8. The summed E-state index contributed by atoms with van der Waals surface area (Å²) in [6, 6.07) is 3.68. The van der Waals surface area contributed by atoms with Gasteiger partial charge in [0.15, 0.2) is 10.3 Å². The second-order valence-electron chi connectivity index (χ2n) is 21.0. The Bertz CT molecular complexity index is 5400. The molecular weight excluding hydrogens is 1270 g/mol. The molecule has 0 saturated carbocycles. The van der Waals surface area contributed by atoms with Gasteiger partial charge in [-0.2, -0.15) is 36.3 Å². The normalized spacial score (nSPS) is 19.3. The molecule has 0 N–H and O–H groups in total. The molecule has 6 aromatic carbocycles. The van der Waals surface area contributed by atoms with Crippen molar-refractivity contribution in [2.45, 2.75) is 133 Å². The van der Waals surface area contributed by atoms with Crippen LogP contribution in [0.5, 0.6) is 0 Å². The van der Waals surface area contributed by atoms with Crippen LogP contribution in [-0.4, -0.2) is 103 Å². The summed E-state index contributed by atoms with van der Waals surface area (Å²) in [5, 5.41) is -0.861. The van der Waals surface area contributed by atoms with Gasteiger partial charge in [0, 0.05) is 92.3 Å². The van der Waals surface area contributed by atoms with E-state index in [1.54, 1.807) is 12.1 Å². The van der Waals surface area contributed by atoms with E-state index in [1.807, 2.05) is 33.7 Å². The van der Waals surface area contributed by atoms with Gasteiger partial charge in [-0.05, 0) is 164 Å². The van der Waals surface area contributed by atoms with Gasteiger partial charge in [0.1, 0.15) is 24.7 Å². The fourth-order valence-electron chi connectivity index (χ4n) is 9.75. The molecule has 0 unspecified atom stereocenters. The number of amides is 2. The summed E-state index contributed by atoms with van der Waals surface area (Å²) >= 11 is 0.897. The van der Waals surface area contributed by atoms with Gasteiger partial charge in [-0.15, -0.1) is 0 Å². The van der Waals surface area contributed by atoms with Crippen LogP contribution in [0.15, 0.2) is 159 Å². The van der Waals surface area contributed by atoms with Crippen molar-refractivity contribution in [3.8, 4) is 22.3 Å². The molecule has 0 saturated heterocycles. The molecule has 2 heterocycles. The quantitative estimate of drug-likeness (QED) is 0.0295. The number of thioether (sulfide) groups is 2. The van der Waals surface area contributed by atoms with E-state index in [0.29, 0.717) is 68.4 Å². The van der Waals surface area contributed by atoms with Gasteiger partial charge in [0.05, 0.1) is 28.9 Å². The molecule has 95 heavy (non-hydrogen) atoms. The maximum Gasteiger partial charge on any atom is 0.416 e. The summed E-state index contributed by atoms with van der Waals surface area (Å²) < 4.78 is 343. The molecule has 22 heteroatoms. The maximum atomic E-state index is 15.2. The van der Waals surface area contributed by atoms with E-state index in [2.05, 4.69) is 28.7 Å². The van der Waals surface area contributed by atoms with Crippen molar-refractivity contribution in [1.82, 2.24) is 38.7 Å². The van der Waals surface area contributed by atoms with Crippen LogP contribution in [0.3, 0.4) is 0 Å². The Balaban J connectivity index is 0.000000307. The van der Waals surface area contributed by atoms with Crippen LogP contribution in [-0.2, 0) is 85.2 Å². The topological polar surface area (TPSA) is 117 Å². The van der Waals surface area contributed by atoms with Crippen LogP contribution in [0.4, 0.5) is 35.1 Å². The molecule has 502 valence electrons. The van der Waals surface area contributed by atoms with E-state index >= 15 is 4.79 Å². The van der Waals surface area contributed by atoms with Crippen molar-refractivity contribution in [3.63, 3.8) is 0 Å². The number of hydrogen-bond acceptors (Lipinski definition) is 10. The molecule has 0 radical (unpaired) electrons. The third kappa shape index (κ3) is 19.0. The van der Waals surface area contributed by atoms with Crippen molar-refractivity contribution in [3.05, 3.63) is 233 Å². The van der Waals surface area contributed by atoms with Crippen molar-refractivity contribution in [1.29, 1.82) is 0 Å². The first-order valence-electron chi connectivity index (χ1n) is 42.7. The smallest absolute Gasteiger partial charge is 0.336 e. The van der Waals surface area contributed by atoms with Gasteiger partial charge in [-0.25, -0.2) is 8.78 Å². The molecule has 12 nitrogen and oxygen atoms in total. The van der Waals surface area contributed by atoms with Crippen molar-refractivity contribution >= 4 is 35.3 Å². The van der Waals surface area contributed by atoms with E-state index in [1.165, 1.54) is 36.0 Å². The van der Waals surface area contributed by atoms with Gasteiger partial charge in [0.2, 0.25) is 11.8 Å². The van der Waals surface area contributed by atoms with Crippen LogP contribution in [0.2, 0.25) is 0 Å². The number of aromatic nitrogens is 4. The summed E-state index contributed by atoms with van der Waals surface area (Å²) in [7, 11) is 0. The SMILES string of the molecule is CCN(CC)CCN(Cc1ccc(-c2ccc(C(F)(F)F)cc2)cc1)C(=O)Cn1c(SCc2ccc(F)cc2)nc(=O)c2c1CCC2.[2H]c1c([2H])c(C([2H])([2H])Sc2nc(=O)c3c(n2CC(=O)N(Cc2c([2H])c([2H])c(-c4c([2H])c([2H])c(C(F)(F)F)c(C)c4[2H])c([2H])c2[2H])C([2H])([2H])C([2H])([2H])N(C([2H])([2H])C)C([2H])([2H])C)C([2H])([2H])C([2H])([2H])C3([2H])[2H])c([2H])c([2H])c1F. The summed E-state index contributed by atoms with van der Waals surface area (Å²) in [5.74, 6) is -3.76. The predicted molar refractivity (Wildman–Crippen MR) is 358 cm³/mol. The van der Waals surface area contributed by atoms with Crippen molar-refractivity contribution in [2.75, 3.05) is 52.2 Å². The highest BCUT2D eigenvalue weighted by molar-refractivity contribution is 7.98. The van der Waals surface area contributed by atoms with E-state index in [9.17, 15) is 52.2 Å². The van der Waals surface area contributed by atoms with Crippen LogP contribution in [0.1, 0.15) is 139 Å². The highest BCUT2D eigenvalue weighted by Crippen LogP contribution is 2.36. The van der Waals surface area contributed by atoms with E-state index in [0.717, 1.165) is 61.0 Å². The Kier molecular flexibility index (Phi) is 14.9. The lowest BCUT2D eigenvalue weighted by atomic mass is 9.98. The first kappa shape index (κ1) is 43.3. The average molecular weight is 1370 g/mol. The molecule has 2 amide bonds. The molecular formula is C73H78F8N8O4S2. The van der Waals surface area contributed by atoms with Crippen LogP contribution in [0, 0.1) is 18.6 Å². The number of alkyl halides is 6. The van der Waals surface area contributed by atoms with Gasteiger partial charge >= 0.3 is 12.4 Å². The Morgan fingerprint density at radius 1 is 0.579 bits per heavy atom. The number of carbonyl (C=O) groups is 2. The molecule has 0 bridgehead atoms. The molecule has 10 rings (SSSR count). The van der Waals surface area contributed by atoms with E-state index in [4.69, 9.17) is 34.3 Å². The first-order chi connectivity index (χ1) is 56.0. The number of hydrogen-bond donors (Lipinski definition) is 0. The number of halogens is 8. The lowest BCUT2D eigenvalue weighted by molar-refractivity contribution is -0.138. The standard InChI is InChI=1S/C37H40F4N4O2S.C36H38F4N4O2S/c1-4-43(5-2)19-20-44(22-26-9-13-28(14-10-26)29-15-18-32(25(3)21-29)37(39,40)41)34(46)23-45-33-8-6-7-31(33)35(47)42-36(45)48-24-27-11-16-30(38)17-12-27;1-3-42(4-2)20-21-43(22-25-8-12-27(13-9-25)28-14-16-29(17-15-28)36(38,39)40)33(45)23-44-32-7-5-6-31(32)34(46)41-35(44)47-24-26-10-18-30(37)19-11-26/h9-18,21H,4-8,19-20,22-24H2,1-3H3;8-19H,3-7,20-24H2,1-2H3/i4D2,5D2,6D2,7D2,8D2,9D,10D,11D,12D,13D,14D,15D,16D,17D,18D,19D2,20D2,21D,24D2;. The highest BCUT2D eigenvalue weighted by atomic mass is 32.2. The Hall–Kier alpha value is -7.92. The fraction of sp³-hybridized carbons (Fsp3) is 0.370. The van der Waals surface area contributed by atoms with Crippen molar-refractivity contribution in [2.24, 2.45) is 0 Å². The lowest BCUT2D eigenvalue weighted by Gasteiger charge is -2.28. The van der Waals surface area contributed by atoms with Crippen molar-refractivity contribution < 1.29 is 81.7 Å². The molecule has 0 spiro atoms. The number of fused-ring (bicyclic) bond motifs is 2. The molecule has 0 atom stereocenters. The van der Waals surface area contributed by atoms with Crippen LogP contribution >= 0.6 is 23.5 Å². The summed E-state index contributed by atoms with van der Waals surface area (Å²) in [6.45, 7) is -9.45. The largest absolute Gasteiger partial charge is 0.416 e. The van der Waals surface area contributed by atoms with Crippen LogP contribution < -0.4 is 11.1 Å². The Morgan fingerprint density at radius 2 is 1.15 bits per heavy atom. The number of benzene rings is 6. The predicted octanol–water partition coefficient (Wildman–Crippen LogP) is 14.7. The number of carbonyl (C=O) groups excluding carboxylic acids is 2. The van der Waals surface area contributed by atoms with Gasteiger partial charge in [-0.1, -0.05) is 148 Å². The Labute approximate surface area is 595 Å². The molecule has 2 aromatic heterocycles. The first-order valence-corrected chi connectivity index (χ1v) is 31.0. The molecule has 0 aliphatic heterocycles. The monoisotopic (exact) mass is 1370 g/mol. The lowest BCUT2D eigenvalue weighted by Crippen LogP contribution is -2.40. The minimum atomic E-state index is -5.30. The zero-order valence-corrected chi connectivity index (χ0v) is 53.1. The van der Waals surface area contributed by atoms with Gasteiger partial charge in [0.25, 0.3) is 11.1 Å². The zero-order valence-electron chi connectivity index (χ0n) is 78.5. The molecule has 0 fully saturated rings. The maximum absolute atomic E-state index is 15.2. The van der Waals surface area contributed by atoms with Crippen LogP contribution in [0.25, 0.3) is 22.3 Å². The second kappa shape index (κ2) is 32.7. The van der Waals surface area contributed by atoms with Gasteiger partial charge in [-0.3, -0.25) is 19.2 Å². The van der Waals surface area contributed by atoms with E-state index in [-0.39, 0.29) is 38.2 Å². The number of rotatable bonds is 26. The van der Waals surface area contributed by atoms with Gasteiger partial charge < -0.3 is 28.7 Å². The minimum absolute atomic E-state index is 0.0310. The molecule has 2 aliphatic carbocycles. The average Bonchev–Trinajstić information content (AvgIpc) is 1.52.